The standard InChI is InChI=1S/C20H17N3O2S/c24-19(12-25-11-14-4-2-1-3-5-14)21-20-17-7-6-15(10-18(17)22-23-20)16-8-9-26-13-16/h1-10,13H,11-12H2,(H2,21,22,23,24). The molecule has 0 atom stereocenters. The largest absolute Gasteiger partial charge is 0.367 e. The van der Waals surface area contributed by atoms with Crippen LogP contribution in [0.3, 0.4) is 0 Å². The number of anilines is 1. The lowest BCUT2D eigenvalue weighted by Gasteiger charge is -2.05. The molecule has 6 heteroatoms. The number of nitrogens with zero attached hydrogens (tertiary/aromatic N) is 1. The molecule has 0 bridgehead atoms. The summed E-state index contributed by atoms with van der Waals surface area (Å²) < 4.78 is 5.46. The summed E-state index contributed by atoms with van der Waals surface area (Å²) >= 11 is 1.66. The number of amides is 1. The molecule has 0 unspecified atom stereocenters. The molecule has 0 aliphatic rings. The Morgan fingerprint density at radius 3 is 2.81 bits per heavy atom. The van der Waals surface area contributed by atoms with Gasteiger partial charge < -0.3 is 10.1 Å². The van der Waals surface area contributed by atoms with Crippen LogP contribution in [0.4, 0.5) is 5.82 Å². The minimum absolute atomic E-state index is 0.0176. The number of carbonyl (C=O) groups is 1. The van der Waals surface area contributed by atoms with Crippen LogP contribution in [0.1, 0.15) is 5.56 Å². The van der Waals surface area contributed by atoms with Crippen molar-refractivity contribution >= 4 is 34.0 Å². The summed E-state index contributed by atoms with van der Waals surface area (Å²) in [7, 11) is 0. The van der Waals surface area contributed by atoms with Gasteiger partial charge >= 0.3 is 0 Å². The highest BCUT2D eigenvalue weighted by atomic mass is 32.1. The Morgan fingerprint density at radius 1 is 1.12 bits per heavy atom. The first-order valence-electron chi connectivity index (χ1n) is 8.22. The zero-order valence-corrected chi connectivity index (χ0v) is 14.8. The molecule has 0 saturated heterocycles. The maximum atomic E-state index is 12.1. The molecule has 2 N–H and O–H groups in total. The average Bonchev–Trinajstić information content (AvgIpc) is 3.33. The molecular weight excluding hydrogens is 346 g/mol. The van der Waals surface area contributed by atoms with Gasteiger partial charge in [0.1, 0.15) is 6.61 Å². The molecule has 0 aliphatic carbocycles. The molecule has 2 heterocycles. The Hall–Kier alpha value is -2.96. The molecule has 4 rings (SSSR count). The van der Waals surface area contributed by atoms with Crippen LogP contribution in [0.2, 0.25) is 0 Å². The summed E-state index contributed by atoms with van der Waals surface area (Å²) in [4.78, 5) is 12.1. The van der Waals surface area contributed by atoms with Crippen LogP contribution >= 0.6 is 11.3 Å². The van der Waals surface area contributed by atoms with Crippen LogP contribution in [0.25, 0.3) is 22.0 Å². The number of thiophene rings is 1. The van der Waals surface area contributed by atoms with Crippen LogP contribution in [0.5, 0.6) is 0 Å². The highest BCUT2D eigenvalue weighted by Gasteiger charge is 2.11. The summed E-state index contributed by atoms with van der Waals surface area (Å²) in [5.41, 5.74) is 4.21. The number of hydrogen-bond donors (Lipinski definition) is 2. The van der Waals surface area contributed by atoms with Gasteiger partial charge in [0.05, 0.1) is 12.1 Å². The number of nitrogens with one attached hydrogen (secondary N) is 2. The number of rotatable bonds is 6. The molecule has 0 radical (unpaired) electrons. The van der Waals surface area contributed by atoms with Crippen molar-refractivity contribution < 1.29 is 9.53 Å². The van der Waals surface area contributed by atoms with E-state index in [1.165, 1.54) is 5.56 Å². The zero-order chi connectivity index (χ0) is 17.8. The van der Waals surface area contributed by atoms with Crippen molar-refractivity contribution in [2.24, 2.45) is 0 Å². The molecule has 26 heavy (non-hydrogen) atoms. The van der Waals surface area contributed by atoms with Gasteiger partial charge in [-0.2, -0.15) is 16.4 Å². The number of ether oxygens (including phenoxy) is 1. The first kappa shape index (κ1) is 16.5. The Balaban J connectivity index is 1.40. The van der Waals surface area contributed by atoms with E-state index in [0.29, 0.717) is 12.4 Å². The second-order valence-corrected chi connectivity index (χ2v) is 6.65. The number of hydrogen-bond acceptors (Lipinski definition) is 4. The SMILES string of the molecule is O=C(COCc1ccccc1)Nc1n[nH]c2cc(-c3ccsc3)ccc12. The molecule has 5 nitrogen and oxygen atoms in total. The highest BCUT2D eigenvalue weighted by Crippen LogP contribution is 2.28. The zero-order valence-electron chi connectivity index (χ0n) is 13.9. The van der Waals surface area contributed by atoms with Crippen molar-refractivity contribution in [3.63, 3.8) is 0 Å². The minimum Gasteiger partial charge on any atom is -0.367 e. The Bertz CT molecular complexity index is 1010. The first-order chi connectivity index (χ1) is 12.8. The first-order valence-corrected chi connectivity index (χ1v) is 9.16. The Labute approximate surface area is 154 Å². The van der Waals surface area contributed by atoms with Crippen molar-refractivity contribution in [3.05, 3.63) is 70.9 Å². The molecule has 0 saturated carbocycles. The van der Waals surface area contributed by atoms with Gasteiger partial charge in [0.2, 0.25) is 0 Å². The lowest BCUT2D eigenvalue weighted by molar-refractivity contribution is -0.121. The number of aromatic nitrogens is 2. The van der Waals surface area contributed by atoms with Gasteiger partial charge in [-0.05, 0) is 45.6 Å². The molecule has 0 aliphatic heterocycles. The van der Waals surface area contributed by atoms with E-state index in [1.807, 2.05) is 53.9 Å². The van der Waals surface area contributed by atoms with Crippen molar-refractivity contribution in [1.29, 1.82) is 0 Å². The normalized spacial score (nSPS) is 10.9. The van der Waals surface area contributed by atoms with Crippen LogP contribution in [-0.4, -0.2) is 22.7 Å². The van der Waals surface area contributed by atoms with E-state index in [2.05, 4.69) is 27.0 Å². The maximum Gasteiger partial charge on any atom is 0.251 e. The molecule has 1 amide bonds. The predicted molar refractivity (Wildman–Crippen MR) is 104 cm³/mol. The number of carbonyl (C=O) groups excluding carboxylic acids is 1. The van der Waals surface area contributed by atoms with Gasteiger partial charge in [-0.15, -0.1) is 0 Å². The molecule has 0 spiro atoms. The van der Waals surface area contributed by atoms with Gasteiger partial charge in [0.15, 0.2) is 5.82 Å². The van der Waals surface area contributed by atoms with Gasteiger partial charge in [0, 0.05) is 5.39 Å². The maximum absolute atomic E-state index is 12.1. The van der Waals surface area contributed by atoms with E-state index >= 15 is 0 Å². The smallest absolute Gasteiger partial charge is 0.251 e. The van der Waals surface area contributed by atoms with Gasteiger partial charge in [0.25, 0.3) is 5.91 Å². The molecule has 0 fully saturated rings. The van der Waals surface area contributed by atoms with E-state index in [1.54, 1.807) is 11.3 Å². The van der Waals surface area contributed by atoms with E-state index in [4.69, 9.17) is 4.74 Å². The molecule has 4 aromatic rings. The number of aromatic amines is 1. The van der Waals surface area contributed by atoms with E-state index < -0.39 is 0 Å². The fourth-order valence-corrected chi connectivity index (χ4v) is 3.39. The summed E-state index contributed by atoms with van der Waals surface area (Å²) in [5, 5.41) is 15.0. The van der Waals surface area contributed by atoms with Crippen LogP contribution in [-0.2, 0) is 16.1 Å². The second-order valence-electron chi connectivity index (χ2n) is 5.87. The van der Waals surface area contributed by atoms with Crippen molar-refractivity contribution in [3.8, 4) is 11.1 Å². The number of H-pyrrole nitrogens is 1. The third-order valence-electron chi connectivity index (χ3n) is 4.02. The molecular formula is C20H17N3O2S. The van der Waals surface area contributed by atoms with Crippen molar-refractivity contribution in [2.75, 3.05) is 11.9 Å². The monoisotopic (exact) mass is 363 g/mol. The lowest BCUT2D eigenvalue weighted by atomic mass is 10.1. The third-order valence-corrected chi connectivity index (χ3v) is 4.70. The topological polar surface area (TPSA) is 67.0 Å². The molecule has 2 aromatic heterocycles. The Morgan fingerprint density at radius 2 is 2.00 bits per heavy atom. The van der Waals surface area contributed by atoms with Gasteiger partial charge in [-0.1, -0.05) is 36.4 Å². The summed E-state index contributed by atoms with van der Waals surface area (Å²) in [6.07, 6.45) is 0. The van der Waals surface area contributed by atoms with Gasteiger partial charge in [-0.3, -0.25) is 9.89 Å². The summed E-state index contributed by atoms with van der Waals surface area (Å²) in [6, 6.07) is 17.9. The van der Waals surface area contributed by atoms with Gasteiger partial charge in [-0.25, -0.2) is 0 Å². The quantitative estimate of drug-likeness (QED) is 0.532. The van der Waals surface area contributed by atoms with E-state index in [0.717, 1.165) is 22.0 Å². The molecule has 130 valence electrons. The number of fused-ring (bicyclic) bond motifs is 1. The van der Waals surface area contributed by atoms with Crippen molar-refractivity contribution in [1.82, 2.24) is 10.2 Å². The fraction of sp³-hybridized carbons (Fsp3) is 0.100. The lowest BCUT2D eigenvalue weighted by Crippen LogP contribution is -2.18. The predicted octanol–water partition coefficient (Wildman–Crippen LogP) is 4.45. The highest BCUT2D eigenvalue weighted by molar-refractivity contribution is 7.08. The minimum atomic E-state index is -0.226. The van der Waals surface area contributed by atoms with Crippen LogP contribution in [0, 0.1) is 0 Å². The fourth-order valence-electron chi connectivity index (χ4n) is 2.73. The summed E-state index contributed by atoms with van der Waals surface area (Å²) in [5.74, 6) is 0.293. The van der Waals surface area contributed by atoms with E-state index in [9.17, 15) is 4.79 Å². The molecule has 2 aromatic carbocycles. The van der Waals surface area contributed by atoms with Crippen LogP contribution in [0.15, 0.2) is 65.4 Å². The number of benzene rings is 2. The Kier molecular flexibility index (Phi) is 4.77. The second kappa shape index (κ2) is 7.51. The van der Waals surface area contributed by atoms with Crippen LogP contribution < -0.4 is 5.32 Å². The van der Waals surface area contributed by atoms with E-state index in [-0.39, 0.29) is 12.5 Å². The summed E-state index contributed by atoms with van der Waals surface area (Å²) in [6.45, 7) is 0.385. The van der Waals surface area contributed by atoms with Crippen molar-refractivity contribution in [2.45, 2.75) is 6.61 Å². The third kappa shape index (κ3) is 3.66. The average molecular weight is 363 g/mol.